The smallest absolute Gasteiger partial charge is 0.236 e. The van der Waals surface area contributed by atoms with Gasteiger partial charge in [-0.05, 0) is 67.1 Å². The van der Waals surface area contributed by atoms with Gasteiger partial charge in [0, 0.05) is 57.1 Å². The maximum Gasteiger partial charge on any atom is 0.236 e. The number of aromatic amines is 1. The van der Waals surface area contributed by atoms with Crippen LogP contribution in [-0.2, 0) is 16.0 Å². The molecular formula is C32H42N6O3. The van der Waals surface area contributed by atoms with Gasteiger partial charge in [-0.2, -0.15) is 0 Å². The fourth-order valence-corrected chi connectivity index (χ4v) is 5.87. The molecule has 0 bridgehead atoms. The average molecular weight is 559 g/mol. The predicted octanol–water partition coefficient (Wildman–Crippen LogP) is 4.51. The standard InChI is InChI=1S/C32H42N6O3/c1-20(2)30-25-14-22(21-10-12-37(13-11-21)19-29(40)36(5)6)8-9-26(25)34-31(30)23-15-27(41-7)32-33-24(18-38(32)17-23)16-28(39)35(3)4/h8-9,14-15,17-18,20-21,34H,10-13,16,19H2,1-7H3. The fourth-order valence-electron chi connectivity index (χ4n) is 5.87. The molecule has 218 valence electrons. The number of imidazole rings is 1. The number of H-pyrrole nitrogens is 1. The molecule has 0 radical (unpaired) electrons. The highest BCUT2D eigenvalue weighted by Gasteiger charge is 2.25. The molecule has 1 aromatic carbocycles. The number of rotatable bonds is 8. The number of benzene rings is 1. The molecule has 4 aromatic rings. The molecule has 0 aliphatic carbocycles. The van der Waals surface area contributed by atoms with E-state index in [0.717, 1.165) is 42.7 Å². The summed E-state index contributed by atoms with van der Waals surface area (Å²) in [4.78, 5) is 38.4. The van der Waals surface area contributed by atoms with E-state index in [1.807, 2.05) is 30.8 Å². The SMILES string of the molecule is COc1cc(-c2[nH]c3ccc(C4CCN(CC(=O)N(C)C)CC4)cc3c2C(C)C)cn2cc(CC(=O)N(C)C)nc12. The number of nitrogens with one attached hydrogen (secondary N) is 1. The summed E-state index contributed by atoms with van der Waals surface area (Å²) < 4.78 is 7.71. The Kier molecular flexibility index (Phi) is 8.09. The van der Waals surface area contributed by atoms with Gasteiger partial charge in [-0.15, -0.1) is 0 Å². The number of likely N-dealkylation sites (tertiary alicyclic amines) is 1. The van der Waals surface area contributed by atoms with E-state index in [1.165, 1.54) is 16.5 Å². The number of nitrogens with zero attached hydrogens (tertiary/aromatic N) is 5. The van der Waals surface area contributed by atoms with Crippen LogP contribution >= 0.6 is 0 Å². The number of amides is 2. The van der Waals surface area contributed by atoms with Crippen molar-refractivity contribution in [1.82, 2.24) is 29.1 Å². The van der Waals surface area contributed by atoms with E-state index in [0.29, 0.717) is 35.5 Å². The molecule has 5 rings (SSSR count). The molecule has 1 saturated heterocycles. The van der Waals surface area contributed by atoms with E-state index in [9.17, 15) is 9.59 Å². The molecule has 1 fully saturated rings. The van der Waals surface area contributed by atoms with Crippen molar-refractivity contribution in [1.29, 1.82) is 0 Å². The van der Waals surface area contributed by atoms with E-state index >= 15 is 0 Å². The molecule has 1 aliphatic rings. The lowest BCUT2D eigenvalue weighted by molar-refractivity contribution is -0.130. The minimum atomic E-state index is 0.00818. The Hall–Kier alpha value is -3.85. The molecule has 0 spiro atoms. The fraction of sp³-hybridized carbons (Fsp3) is 0.469. The second-order valence-corrected chi connectivity index (χ2v) is 11.9. The molecule has 0 saturated carbocycles. The van der Waals surface area contributed by atoms with Gasteiger partial charge in [0.05, 0.1) is 31.5 Å². The number of aromatic nitrogens is 3. The normalized spacial score (nSPS) is 14.7. The van der Waals surface area contributed by atoms with E-state index in [-0.39, 0.29) is 18.2 Å². The Morgan fingerprint density at radius 2 is 1.76 bits per heavy atom. The number of hydrogen-bond donors (Lipinski definition) is 1. The second kappa shape index (κ2) is 11.6. The molecule has 9 heteroatoms. The van der Waals surface area contributed by atoms with Crippen molar-refractivity contribution >= 4 is 28.4 Å². The lowest BCUT2D eigenvalue weighted by Gasteiger charge is -2.32. The van der Waals surface area contributed by atoms with Gasteiger partial charge in [0.1, 0.15) is 0 Å². The molecule has 1 aliphatic heterocycles. The van der Waals surface area contributed by atoms with Crippen LogP contribution in [0.5, 0.6) is 5.75 Å². The van der Waals surface area contributed by atoms with Crippen molar-refractivity contribution in [3.8, 4) is 17.0 Å². The summed E-state index contributed by atoms with van der Waals surface area (Å²) in [7, 11) is 8.79. The zero-order valence-electron chi connectivity index (χ0n) is 25.3. The van der Waals surface area contributed by atoms with Gasteiger partial charge in [-0.3, -0.25) is 14.5 Å². The van der Waals surface area contributed by atoms with Crippen LogP contribution in [0.25, 0.3) is 27.8 Å². The second-order valence-electron chi connectivity index (χ2n) is 11.9. The first-order valence-electron chi connectivity index (χ1n) is 14.4. The van der Waals surface area contributed by atoms with Crippen LogP contribution in [-0.4, -0.2) is 95.8 Å². The van der Waals surface area contributed by atoms with Gasteiger partial charge in [-0.25, -0.2) is 4.98 Å². The maximum absolute atomic E-state index is 12.3. The van der Waals surface area contributed by atoms with Crippen molar-refractivity contribution < 1.29 is 14.3 Å². The zero-order valence-corrected chi connectivity index (χ0v) is 25.3. The number of piperidine rings is 1. The van der Waals surface area contributed by atoms with Gasteiger partial charge < -0.3 is 23.9 Å². The third kappa shape index (κ3) is 5.81. The predicted molar refractivity (Wildman–Crippen MR) is 163 cm³/mol. The zero-order chi connectivity index (χ0) is 29.4. The summed E-state index contributed by atoms with van der Waals surface area (Å²) in [6, 6.07) is 8.86. The summed E-state index contributed by atoms with van der Waals surface area (Å²) in [5.74, 6) is 1.61. The highest BCUT2D eigenvalue weighted by molar-refractivity contribution is 5.92. The van der Waals surface area contributed by atoms with Crippen molar-refractivity contribution in [3.05, 3.63) is 53.5 Å². The Balaban J connectivity index is 1.47. The number of fused-ring (bicyclic) bond motifs is 2. The van der Waals surface area contributed by atoms with Gasteiger partial charge in [0.15, 0.2) is 11.4 Å². The lowest BCUT2D eigenvalue weighted by Crippen LogP contribution is -2.40. The number of hydrogen-bond acceptors (Lipinski definition) is 5. The van der Waals surface area contributed by atoms with Crippen LogP contribution in [0.15, 0.2) is 36.7 Å². The Morgan fingerprint density at radius 1 is 1.05 bits per heavy atom. The summed E-state index contributed by atoms with van der Waals surface area (Å²) in [6.07, 6.45) is 6.32. The first-order valence-corrected chi connectivity index (χ1v) is 14.4. The quantitative estimate of drug-likeness (QED) is 0.344. The molecule has 0 unspecified atom stereocenters. The Labute approximate surface area is 242 Å². The highest BCUT2D eigenvalue weighted by atomic mass is 16.5. The van der Waals surface area contributed by atoms with Gasteiger partial charge in [-0.1, -0.05) is 19.9 Å². The minimum Gasteiger partial charge on any atom is -0.493 e. The Bertz CT molecular complexity index is 1570. The topological polar surface area (TPSA) is 86.2 Å². The molecule has 1 N–H and O–H groups in total. The van der Waals surface area contributed by atoms with E-state index in [1.54, 1.807) is 31.0 Å². The minimum absolute atomic E-state index is 0.00818. The molecule has 0 atom stereocenters. The monoisotopic (exact) mass is 558 g/mol. The van der Waals surface area contributed by atoms with Crippen molar-refractivity contribution in [2.45, 2.75) is 44.9 Å². The van der Waals surface area contributed by atoms with Crippen LogP contribution in [0.3, 0.4) is 0 Å². The maximum atomic E-state index is 12.3. The van der Waals surface area contributed by atoms with Crippen molar-refractivity contribution in [2.24, 2.45) is 0 Å². The van der Waals surface area contributed by atoms with E-state index in [2.05, 4.69) is 53.1 Å². The van der Waals surface area contributed by atoms with Crippen molar-refractivity contribution in [3.63, 3.8) is 0 Å². The van der Waals surface area contributed by atoms with Crippen molar-refractivity contribution in [2.75, 3.05) is 54.9 Å². The molecule has 41 heavy (non-hydrogen) atoms. The summed E-state index contributed by atoms with van der Waals surface area (Å²) in [6.45, 7) is 6.83. The number of methoxy groups -OCH3 is 1. The first-order chi connectivity index (χ1) is 19.5. The number of carbonyl (C=O) groups excluding carboxylic acids is 2. The van der Waals surface area contributed by atoms with E-state index < -0.39 is 0 Å². The van der Waals surface area contributed by atoms with Crippen LogP contribution in [0.4, 0.5) is 0 Å². The molecule has 4 heterocycles. The number of carbonyl (C=O) groups is 2. The third-order valence-electron chi connectivity index (χ3n) is 8.26. The van der Waals surface area contributed by atoms with Crippen LogP contribution in [0.2, 0.25) is 0 Å². The summed E-state index contributed by atoms with van der Waals surface area (Å²) in [5.41, 5.74) is 7.24. The van der Waals surface area contributed by atoms with E-state index in [4.69, 9.17) is 4.74 Å². The van der Waals surface area contributed by atoms with Gasteiger partial charge in [0.25, 0.3) is 0 Å². The average Bonchev–Trinajstić information content (AvgIpc) is 3.53. The number of ether oxygens (including phenoxy) is 1. The van der Waals surface area contributed by atoms with Crippen LogP contribution < -0.4 is 4.74 Å². The molecular weight excluding hydrogens is 516 g/mol. The Morgan fingerprint density at radius 3 is 2.39 bits per heavy atom. The number of likely N-dealkylation sites (N-methyl/N-ethyl adjacent to an activating group) is 2. The summed E-state index contributed by atoms with van der Waals surface area (Å²) in [5, 5.41) is 1.25. The van der Waals surface area contributed by atoms with Gasteiger partial charge in [0.2, 0.25) is 11.8 Å². The first kappa shape index (κ1) is 28.7. The molecule has 9 nitrogen and oxygen atoms in total. The highest BCUT2D eigenvalue weighted by Crippen LogP contribution is 2.39. The van der Waals surface area contributed by atoms with Crippen LogP contribution in [0.1, 0.15) is 55.3 Å². The van der Waals surface area contributed by atoms with Crippen LogP contribution in [0, 0.1) is 0 Å². The third-order valence-corrected chi connectivity index (χ3v) is 8.26. The van der Waals surface area contributed by atoms with Gasteiger partial charge >= 0.3 is 0 Å². The molecule has 2 amide bonds. The number of pyridine rings is 1. The largest absolute Gasteiger partial charge is 0.493 e. The molecule has 3 aromatic heterocycles. The lowest BCUT2D eigenvalue weighted by atomic mass is 9.87. The summed E-state index contributed by atoms with van der Waals surface area (Å²) >= 11 is 0.